The minimum Gasteiger partial charge on any atom is -0.493 e. The fourth-order valence-electron chi connectivity index (χ4n) is 1.30. The summed E-state index contributed by atoms with van der Waals surface area (Å²) in [6, 6.07) is 8.25. The smallest absolute Gasteiger partial charge is 0.122 e. The minimum atomic E-state index is -1.75. The molecule has 0 bridgehead atoms. The number of hydrogen-bond donors (Lipinski definition) is 0. The van der Waals surface area contributed by atoms with E-state index in [0.717, 1.165) is 18.8 Å². The summed E-state index contributed by atoms with van der Waals surface area (Å²) in [7, 11) is 0. The zero-order valence-corrected chi connectivity index (χ0v) is 12.9. The first-order valence-corrected chi connectivity index (χ1v) is 6.50. The average molecular weight is 266 g/mol. The third kappa shape index (κ3) is 11.6. The fraction of sp³-hybridized carbons (Fsp3) is 0.333. The van der Waals surface area contributed by atoms with Gasteiger partial charge in [0.05, 0.1) is 6.61 Å². The predicted octanol–water partition coefficient (Wildman–Crippen LogP) is -7.36. The zero-order chi connectivity index (χ0) is 12.2. The van der Waals surface area contributed by atoms with Gasteiger partial charge in [-0.15, -0.1) is 0 Å². The van der Waals surface area contributed by atoms with Gasteiger partial charge in [-0.25, -0.2) is 0 Å². The number of hydrogen-bond acceptors (Lipinski definition) is 5. The Kier molecular flexibility index (Phi) is 22.9. The number of rotatable bonds is 0. The Hall–Kier alpha value is 0.480. The number of benzene rings is 1. The Morgan fingerprint density at radius 2 is 1.56 bits per heavy atom. The molecule has 5 nitrogen and oxygen atoms in total. The normalized spacial score (nSPS) is 9.56. The zero-order valence-electron chi connectivity index (χ0n) is 10.6. The van der Waals surface area contributed by atoms with Crippen LogP contribution in [0.4, 0.5) is 0 Å². The van der Waals surface area contributed by atoms with E-state index in [2.05, 4.69) is 12.1 Å². The second kappa shape index (κ2) is 17.5. The van der Waals surface area contributed by atoms with Crippen LogP contribution >= 0.6 is 0 Å². The molecule has 1 heterocycles. The van der Waals surface area contributed by atoms with Gasteiger partial charge in [0, 0.05) is 0 Å². The number of fused-ring (bicyclic) bond motifs is 1. The Labute approximate surface area is 143 Å². The van der Waals surface area contributed by atoms with E-state index in [1.54, 1.807) is 0 Å². The van der Waals surface area contributed by atoms with Crippen LogP contribution in [0.1, 0.15) is 12.0 Å². The molecule has 1 aromatic rings. The Morgan fingerprint density at radius 1 is 1.06 bits per heavy atom. The van der Waals surface area contributed by atoms with Gasteiger partial charge in [-0.1, -0.05) is 18.2 Å². The first kappa shape index (κ1) is 23.6. The number of ether oxygens (including phenoxy) is 1. The summed E-state index contributed by atoms with van der Waals surface area (Å²) in [5.74, 6) is 1.08. The number of aryl methyl sites for hydroxylation is 1. The molecule has 1 aliphatic rings. The van der Waals surface area contributed by atoms with Crippen molar-refractivity contribution in [2.24, 2.45) is 0 Å². The maximum atomic E-state index is 8.46. The van der Waals surface area contributed by atoms with Gasteiger partial charge in [-0.3, -0.25) is 0 Å². The SMILES string of the molecule is [Li+].[Li+].[O]=[Al][O-].[O]=[Al][O-].c1ccc2c(c1)CCCO2. The van der Waals surface area contributed by atoms with Gasteiger partial charge < -0.3 is 4.74 Å². The molecule has 2 rings (SSSR count). The van der Waals surface area contributed by atoms with Crippen LogP contribution in [0.5, 0.6) is 5.75 Å². The summed E-state index contributed by atoms with van der Waals surface area (Å²) in [6.45, 7) is 0.886. The van der Waals surface area contributed by atoms with E-state index in [9.17, 15) is 0 Å². The van der Waals surface area contributed by atoms with Crippen LogP contribution in [0.2, 0.25) is 0 Å². The van der Waals surface area contributed by atoms with Gasteiger partial charge in [0.15, 0.2) is 0 Å². The Balaban J connectivity index is -0.000000246. The maximum absolute atomic E-state index is 8.46. The molecule has 0 aromatic heterocycles. The van der Waals surface area contributed by atoms with Crippen LogP contribution in [0.15, 0.2) is 24.3 Å². The second-order valence-electron chi connectivity index (χ2n) is 2.75. The maximum Gasteiger partial charge on any atom is 0.122 e. The van der Waals surface area contributed by atoms with Crippen LogP contribution in [0, 0.1) is 0 Å². The second-order valence-corrected chi connectivity index (χ2v) is 3.14. The van der Waals surface area contributed by atoms with E-state index >= 15 is 0 Å². The van der Waals surface area contributed by atoms with Crippen molar-refractivity contribution >= 4 is 31.0 Å². The largest absolute Gasteiger partial charge is 0.493 e. The van der Waals surface area contributed by atoms with Crippen molar-refractivity contribution in [2.75, 3.05) is 6.61 Å². The van der Waals surface area contributed by atoms with Crippen molar-refractivity contribution < 1.29 is 58.4 Å². The van der Waals surface area contributed by atoms with Gasteiger partial charge in [-0.2, -0.15) is 0 Å². The molecule has 0 N–H and O–H groups in total. The summed E-state index contributed by atoms with van der Waals surface area (Å²) in [6.07, 6.45) is 2.34. The molecule has 84 valence electrons. The van der Waals surface area contributed by atoms with Crippen LogP contribution < -0.4 is 50.8 Å². The summed E-state index contributed by atoms with van der Waals surface area (Å²) in [4.78, 5) is 0. The van der Waals surface area contributed by atoms with E-state index in [0.29, 0.717) is 0 Å². The number of para-hydroxylation sites is 1. The van der Waals surface area contributed by atoms with E-state index in [-0.39, 0.29) is 37.7 Å². The Bertz CT molecular complexity index is 297. The van der Waals surface area contributed by atoms with Crippen molar-refractivity contribution in [3.05, 3.63) is 29.8 Å². The Morgan fingerprint density at radius 3 is 2.06 bits per heavy atom. The first-order chi connectivity index (χ1) is 7.79. The fourth-order valence-corrected chi connectivity index (χ4v) is 1.30. The standard InChI is InChI=1S/C9H10O.2Al.2Li.4O/c1-2-6-9-8(4-1)5-3-7-10-9;;;;;;;;/h1-2,4,6H,3,5,7H2;;;;;;;;/q;;;2*+1;;;2*-1. The van der Waals surface area contributed by atoms with Crippen LogP contribution in [0.3, 0.4) is 0 Å². The quantitative estimate of drug-likeness (QED) is 0.435. The molecule has 1 aromatic carbocycles. The third-order valence-corrected chi connectivity index (χ3v) is 1.82. The van der Waals surface area contributed by atoms with E-state index in [4.69, 9.17) is 20.7 Å². The molecule has 0 saturated heterocycles. The molecule has 0 unspecified atom stereocenters. The van der Waals surface area contributed by atoms with E-state index < -0.39 is 31.0 Å². The van der Waals surface area contributed by atoms with Crippen LogP contribution in [0.25, 0.3) is 0 Å². The molecule has 0 spiro atoms. The van der Waals surface area contributed by atoms with Crippen molar-refractivity contribution in [3.8, 4) is 5.75 Å². The van der Waals surface area contributed by atoms with Gasteiger partial charge in [0.1, 0.15) is 5.75 Å². The molecular formula is C9H10Al2Li2O5. The average Bonchev–Trinajstić information content (AvgIpc) is 2.31. The van der Waals surface area contributed by atoms with Crippen LogP contribution in [-0.4, -0.2) is 37.6 Å². The van der Waals surface area contributed by atoms with Crippen molar-refractivity contribution in [2.45, 2.75) is 12.8 Å². The summed E-state index contributed by atoms with van der Waals surface area (Å²) < 4.78 is 39.3. The van der Waals surface area contributed by atoms with E-state index in [1.165, 1.54) is 12.0 Å². The van der Waals surface area contributed by atoms with Gasteiger partial charge >= 0.3 is 84.6 Å². The van der Waals surface area contributed by atoms with Gasteiger partial charge in [-0.05, 0) is 24.5 Å². The van der Waals surface area contributed by atoms with Crippen molar-refractivity contribution in [1.82, 2.24) is 0 Å². The third-order valence-electron chi connectivity index (χ3n) is 1.82. The van der Waals surface area contributed by atoms with Crippen LogP contribution in [-0.2, 0) is 14.0 Å². The molecule has 18 heavy (non-hydrogen) atoms. The topological polar surface area (TPSA) is 89.5 Å². The summed E-state index contributed by atoms with van der Waals surface area (Å²) in [5, 5.41) is 0. The molecule has 0 radical (unpaired) electrons. The van der Waals surface area contributed by atoms with Gasteiger partial charge in [0.2, 0.25) is 0 Å². The molecule has 9 heteroatoms. The molecular weight excluding hydrogens is 256 g/mol. The van der Waals surface area contributed by atoms with Crippen molar-refractivity contribution in [3.63, 3.8) is 0 Å². The monoisotopic (exact) mass is 266 g/mol. The first-order valence-electron chi connectivity index (χ1n) is 4.62. The van der Waals surface area contributed by atoms with Gasteiger partial charge in [0.25, 0.3) is 0 Å². The minimum absolute atomic E-state index is 0. The van der Waals surface area contributed by atoms with E-state index in [1.807, 2.05) is 12.1 Å². The molecule has 0 aliphatic carbocycles. The molecule has 0 saturated carbocycles. The molecule has 0 fully saturated rings. The predicted molar refractivity (Wildman–Crippen MR) is 53.1 cm³/mol. The summed E-state index contributed by atoms with van der Waals surface area (Å²) in [5.41, 5.74) is 1.36. The summed E-state index contributed by atoms with van der Waals surface area (Å²) >= 11 is -3.50. The molecule has 0 amide bonds. The van der Waals surface area contributed by atoms with Crippen molar-refractivity contribution in [1.29, 1.82) is 0 Å². The molecule has 0 atom stereocenters. The molecule has 1 aliphatic heterocycles.